The van der Waals surface area contributed by atoms with E-state index >= 15 is 0 Å². The van der Waals surface area contributed by atoms with E-state index in [1.165, 1.54) is 0 Å². The standard InChI is InChI=1S/C14H16F2O2/c1-2-18-14(9-3-4-9)13(17)8-10-7-11(15)5-6-12(10)16/h5-7,9,14H,2-4,8H2,1H3. The van der Waals surface area contributed by atoms with E-state index in [4.69, 9.17) is 4.74 Å². The number of hydrogen-bond acceptors (Lipinski definition) is 2. The molecule has 1 aromatic carbocycles. The molecule has 2 nitrogen and oxygen atoms in total. The SMILES string of the molecule is CCOC(C(=O)Cc1cc(F)ccc1F)C1CC1. The van der Waals surface area contributed by atoms with Crippen LogP contribution in [0.25, 0.3) is 0 Å². The molecule has 0 saturated heterocycles. The van der Waals surface area contributed by atoms with E-state index in [-0.39, 0.29) is 23.7 Å². The summed E-state index contributed by atoms with van der Waals surface area (Å²) in [6.45, 7) is 2.28. The second-order valence-corrected chi connectivity index (χ2v) is 4.59. The van der Waals surface area contributed by atoms with Gasteiger partial charge in [-0.25, -0.2) is 8.78 Å². The monoisotopic (exact) mass is 254 g/mol. The van der Waals surface area contributed by atoms with Crippen molar-refractivity contribution in [1.29, 1.82) is 0 Å². The smallest absolute Gasteiger partial charge is 0.166 e. The molecule has 4 heteroatoms. The van der Waals surface area contributed by atoms with E-state index in [1.807, 2.05) is 6.92 Å². The molecule has 1 unspecified atom stereocenters. The Morgan fingerprint density at radius 2 is 2.17 bits per heavy atom. The molecule has 1 saturated carbocycles. The van der Waals surface area contributed by atoms with Crippen molar-refractivity contribution in [3.8, 4) is 0 Å². The Bertz CT molecular complexity index is 441. The first-order valence-electron chi connectivity index (χ1n) is 6.20. The summed E-state index contributed by atoms with van der Waals surface area (Å²) in [4.78, 5) is 12.0. The molecule has 1 atom stereocenters. The topological polar surface area (TPSA) is 26.3 Å². The van der Waals surface area contributed by atoms with Gasteiger partial charge < -0.3 is 4.74 Å². The fourth-order valence-electron chi connectivity index (χ4n) is 2.04. The molecule has 0 aliphatic heterocycles. The number of hydrogen-bond donors (Lipinski definition) is 0. The highest BCUT2D eigenvalue weighted by atomic mass is 19.1. The zero-order chi connectivity index (χ0) is 13.1. The Morgan fingerprint density at radius 3 is 2.78 bits per heavy atom. The second-order valence-electron chi connectivity index (χ2n) is 4.59. The first-order valence-corrected chi connectivity index (χ1v) is 6.20. The molecule has 1 fully saturated rings. The number of carbonyl (C=O) groups excluding carboxylic acids is 1. The lowest BCUT2D eigenvalue weighted by molar-refractivity contribution is -0.131. The van der Waals surface area contributed by atoms with E-state index in [9.17, 15) is 13.6 Å². The van der Waals surface area contributed by atoms with Gasteiger partial charge in [0.05, 0.1) is 0 Å². The van der Waals surface area contributed by atoms with E-state index in [2.05, 4.69) is 0 Å². The highest BCUT2D eigenvalue weighted by Crippen LogP contribution is 2.35. The molecule has 1 aliphatic rings. The summed E-state index contributed by atoms with van der Waals surface area (Å²) in [5.41, 5.74) is 0.102. The Labute approximate surface area is 105 Å². The molecule has 0 bridgehead atoms. The highest BCUT2D eigenvalue weighted by Gasteiger charge is 2.36. The number of carbonyl (C=O) groups is 1. The molecule has 2 rings (SSSR count). The third-order valence-electron chi connectivity index (χ3n) is 3.09. The minimum atomic E-state index is -0.546. The van der Waals surface area contributed by atoms with Crippen LogP contribution in [0.1, 0.15) is 25.3 Å². The van der Waals surface area contributed by atoms with Gasteiger partial charge in [-0.15, -0.1) is 0 Å². The zero-order valence-corrected chi connectivity index (χ0v) is 10.3. The molecule has 1 aromatic rings. The van der Waals surface area contributed by atoms with Gasteiger partial charge in [0.1, 0.15) is 17.7 Å². The molecule has 1 aliphatic carbocycles. The molecule has 0 N–H and O–H groups in total. The Hall–Kier alpha value is -1.29. The van der Waals surface area contributed by atoms with Crippen LogP contribution < -0.4 is 0 Å². The van der Waals surface area contributed by atoms with Crippen LogP contribution in [0.15, 0.2) is 18.2 Å². The van der Waals surface area contributed by atoms with Gasteiger partial charge in [-0.2, -0.15) is 0 Å². The summed E-state index contributed by atoms with van der Waals surface area (Å²) in [6, 6.07) is 3.16. The summed E-state index contributed by atoms with van der Waals surface area (Å²) in [5.74, 6) is -0.979. The maximum atomic E-state index is 13.4. The number of ketones is 1. The zero-order valence-electron chi connectivity index (χ0n) is 10.3. The van der Waals surface area contributed by atoms with Crippen LogP contribution in [0.2, 0.25) is 0 Å². The minimum Gasteiger partial charge on any atom is -0.370 e. The summed E-state index contributed by atoms with van der Waals surface area (Å²) in [7, 11) is 0. The summed E-state index contributed by atoms with van der Waals surface area (Å²) in [5, 5.41) is 0. The van der Waals surface area contributed by atoms with Gasteiger partial charge in [-0.1, -0.05) is 0 Å². The normalized spacial score (nSPS) is 16.6. The van der Waals surface area contributed by atoms with Gasteiger partial charge in [-0.3, -0.25) is 4.79 Å². The van der Waals surface area contributed by atoms with Gasteiger partial charge in [0.15, 0.2) is 5.78 Å². The lowest BCUT2D eigenvalue weighted by Gasteiger charge is -2.15. The average molecular weight is 254 g/mol. The predicted octanol–water partition coefficient (Wildman–Crippen LogP) is 2.89. The minimum absolute atomic E-state index is 0.102. The number of benzene rings is 1. The van der Waals surface area contributed by atoms with Crippen molar-refractivity contribution in [3.63, 3.8) is 0 Å². The molecule has 18 heavy (non-hydrogen) atoms. The summed E-state index contributed by atoms with van der Waals surface area (Å²) in [6.07, 6.45) is 1.38. The van der Waals surface area contributed by atoms with Crippen molar-refractivity contribution in [2.75, 3.05) is 6.61 Å². The molecule has 0 heterocycles. The second kappa shape index (κ2) is 5.57. The Balaban J connectivity index is 2.07. The van der Waals surface area contributed by atoms with Crippen molar-refractivity contribution >= 4 is 5.78 Å². The van der Waals surface area contributed by atoms with Crippen LogP contribution in [0.5, 0.6) is 0 Å². The van der Waals surface area contributed by atoms with Crippen molar-refractivity contribution in [2.24, 2.45) is 5.92 Å². The first-order chi connectivity index (χ1) is 8.61. The Kier molecular flexibility index (Phi) is 4.07. The van der Waals surface area contributed by atoms with Crippen LogP contribution >= 0.6 is 0 Å². The first kappa shape index (κ1) is 13.1. The van der Waals surface area contributed by atoms with Crippen LogP contribution in [-0.4, -0.2) is 18.5 Å². The van der Waals surface area contributed by atoms with E-state index in [1.54, 1.807) is 0 Å². The maximum Gasteiger partial charge on any atom is 0.166 e. The van der Waals surface area contributed by atoms with Crippen molar-refractivity contribution in [2.45, 2.75) is 32.3 Å². The summed E-state index contributed by atoms with van der Waals surface area (Å²) < 4.78 is 31.8. The lowest BCUT2D eigenvalue weighted by atomic mass is 10.0. The molecule has 98 valence electrons. The molecular weight excluding hydrogens is 238 g/mol. The van der Waals surface area contributed by atoms with Crippen LogP contribution in [-0.2, 0) is 16.0 Å². The van der Waals surface area contributed by atoms with Gasteiger partial charge in [-0.05, 0) is 49.4 Å². The molecule has 0 aromatic heterocycles. The van der Waals surface area contributed by atoms with E-state index in [0.717, 1.165) is 31.0 Å². The fourth-order valence-corrected chi connectivity index (χ4v) is 2.04. The lowest BCUT2D eigenvalue weighted by Crippen LogP contribution is -2.28. The van der Waals surface area contributed by atoms with Crippen LogP contribution in [0.4, 0.5) is 8.78 Å². The maximum absolute atomic E-state index is 13.4. The predicted molar refractivity (Wildman–Crippen MR) is 63.2 cm³/mol. The largest absolute Gasteiger partial charge is 0.370 e. The molecule has 0 amide bonds. The molecule has 0 radical (unpaired) electrons. The number of halogens is 2. The van der Waals surface area contributed by atoms with Crippen molar-refractivity contribution in [1.82, 2.24) is 0 Å². The van der Waals surface area contributed by atoms with Crippen molar-refractivity contribution in [3.05, 3.63) is 35.4 Å². The third-order valence-corrected chi connectivity index (χ3v) is 3.09. The van der Waals surface area contributed by atoms with Gasteiger partial charge in [0, 0.05) is 13.0 Å². The van der Waals surface area contributed by atoms with Crippen LogP contribution in [0.3, 0.4) is 0 Å². The van der Waals surface area contributed by atoms with Gasteiger partial charge in [0.25, 0.3) is 0 Å². The molecule has 0 spiro atoms. The van der Waals surface area contributed by atoms with Crippen LogP contribution in [0, 0.1) is 17.6 Å². The fraction of sp³-hybridized carbons (Fsp3) is 0.500. The average Bonchev–Trinajstić information content (AvgIpc) is 3.14. The number of ether oxygens (including phenoxy) is 1. The van der Waals surface area contributed by atoms with E-state index in [0.29, 0.717) is 6.61 Å². The Morgan fingerprint density at radius 1 is 1.44 bits per heavy atom. The quantitative estimate of drug-likeness (QED) is 0.780. The van der Waals surface area contributed by atoms with Gasteiger partial charge in [0.2, 0.25) is 0 Å². The summed E-state index contributed by atoms with van der Waals surface area (Å²) >= 11 is 0. The van der Waals surface area contributed by atoms with Crippen molar-refractivity contribution < 1.29 is 18.3 Å². The highest BCUT2D eigenvalue weighted by molar-refractivity contribution is 5.85. The number of Topliss-reactive ketones (excluding diaryl/α,β-unsaturated/α-hetero) is 1. The molecular formula is C14H16F2O2. The third kappa shape index (κ3) is 3.13. The van der Waals surface area contributed by atoms with Gasteiger partial charge >= 0.3 is 0 Å². The van der Waals surface area contributed by atoms with E-state index < -0.39 is 17.7 Å². The number of rotatable bonds is 6.